The van der Waals surface area contributed by atoms with Gasteiger partial charge in [-0.15, -0.1) is 0 Å². The number of aryl methyl sites for hydroxylation is 1. The van der Waals surface area contributed by atoms with Crippen molar-refractivity contribution < 1.29 is 19.8 Å². The Balaban J connectivity index is 1.59. The van der Waals surface area contributed by atoms with Gasteiger partial charge in [0, 0.05) is 49.2 Å². The molecule has 0 saturated carbocycles. The smallest absolute Gasteiger partial charge is 0.279 e. The first-order valence-electron chi connectivity index (χ1n) is 10.1. The number of nitrogens with two attached hydrogens (primary N) is 1. The van der Waals surface area contributed by atoms with Crippen molar-refractivity contribution in [3.8, 4) is 0 Å². The molecule has 9 heteroatoms. The maximum absolute atomic E-state index is 12.8. The van der Waals surface area contributed by atoms with Crippen molar-refractivity contribution in [1.82, 2.24) is 10.2 Å². The van der Waals surface area contributed by atoms with E-state index in [2.05, 4.69) is 17.6 Å². The molecule has 1 aromatic carbocycles. The van der Waals surface area contributed by atoms with Gasteiger partial charge in [0.1, 0.15) is 4.87 Å². The minimum atomic E-state index is -0.452. The zero-order valence-corrected chi connectivity index (χ0v) is 18.0. The number of likely N-dealkylation sites (tertiary alicyclic amines) is 1. The minimum Gasteiger partial charge on any atom is -0.348 e. The molecule has 0 unspecified atom stereocenters. The molecular formula is C20H29N4O4S+. The number of hydrogen-bond acceptors (Lipinski definition) is 5. The number of amides is 2. The molecule has 8 nitrogen and oxygen atoms in total. The lowest BCUT2D eigenvalue weighted by molar-refractivity contribution is -0.714. The number of nitro groups is 1. The Kier molecular flexibility index (Phi) is 6.48. The molecule has 1 spiro atoms. The molecule has 2 aliphatic rings. The van der Waals surface area contributed by atoms with Crippen molar-refractivity contribution in [2.24, 2.45) is 0 Å². The molecule has 2 aliphatic heterocycles. The molecule has 29 heavy (non-hydrogen) atoms. The molecule has 3 rings (SSSR count). The first kappa shape index (κ1) is 21.6. The number of benzene rings is 1. The normalized spacial score (nSPS) is 21.8. The number of nitrogens with zero attached hydrogens (tertiary/aromatic N) is 2. The first-order valence-corrected chi connectivity index (χ1v) is 11.1. The predicted molar refractivity (Wildman–Crippen MR) is 112 cm³/mol. The molecule has 2 heterocycles. The van der Waals surface area contributed by atoms with E-state index in [1.807, 2.05) is 18.7 Å². The van der Waals surface area contributed by atoms with Gasteiger partial charge in [0.15, 0.2) is 6.04 Å². The van der Waals surface area contributed by atoms with Crippen LogP contribution in [-0.2, 0) is 4.79 Å². The van der Waals surface area contributed by atoms with E-state index in [1.165, 1.54) is 6.07 Å². The van der Waals surface area contributed by atoms with Crippen LogP contribution in [0.15, 0.2) is 18.2 Å². The predicted octanol–water partition coefficient (Wildman–Crippen LogP) is 1.43. The number of piperidine rings is 1. The van der Waals surface area contributed by atoms with Gasteiger partial charge in [-0.25, -0.2) is 0 Å². The van der Waals surface area contributed by atoms with Crippen LogP contribution in [0.3, 0.4) is 0 Å². The average molecular weight is 422 g/mol. The fourth-order valence-electron chi connectivity index (χ4n) is 3.84. The Bertz CT molecular complexity index is 808. The highest BCUT2D eigenvalue weighted by Gasteiger charge is 2.48. The summed E-state index contributed by atoms with van der Waals surface area (Å²) in [4.78, 5) is 37.7. The van der Waals surface area contributed by atoms with Gasteiger partial charge in [-0.3, -0.25) is 19.7 Å². The minimum absolute atomic E-state index is 0.0285. The van der Waals surface area contributed by atoms with E-state index >= 15 is 0 Å². The summed E-state index contributed by atoms with van der Waals surface area (Å²) < 4.78 is 0. The Morgan fingerprint density at radius 3 is 2.72 bits per heavy atom. The van der Waals surface area contributed by atoms with Crippen molar-refractivity contribution in [3.05, 3.63) is 39.4 Å². The second-order valence-electron chi connectivity index (χ2n) is 8.02. The summed E-state index contributed by atoms with van der Waals surface area (Å²) in [6, 6.07) is 4.73. The summed E-state index contributed by atoms with van der Waals surface area (Å²) in [7, 11) is 0. The van der Waals surface area contributed by atoms with Crippen LogP contribution in [0, 0.1) is 17.0 Å². The topological polar surface area (TPSA) is 109 Å². The molecule has 0 radical (unpaired) electrons. The van der Waals surface area contributed by atoms with Crippen LogP contribution in [0.5, 0.6) is 0 Å². The quantitative estimate of drug-likeness (QED) is 0.552. The molecule has 2 saturated heterocycles. The molecule has 158 valence electrons. The van der Waals surface area contributed by atoms with Crippen LogP contribution in [0.25, 0.3) is 0 Å². The molecule has 2 atom stereocenters. The van der Waals surface area contributed by atoms with Gasteiger partial charge in [0.05, 0.1) is 10.7 Å². The van der Waals surface area contributed by atoms with Crippen LogP contribution in [0.2, 0.25) is 0 Å². The van der Waals surface area contributed by atoms with Crippen LogP contribution in [-0.4, -0.2) is 57.4 Å². The standard InChI is InChI=1S/C20H28N4O4S/c1-4-14(3)21-18(25)16-12-29-20(22-16)7-9-23(10-8-20)19(26)15-6-5-13(2)17(11-15)24(27)28/h5-6,11,14,16,22H,4,7-10,12H2,1-3H3,(H,21,25)/p+1/t14-,16-/m1/s1. The van der Waals surface area contributed by atoms with Gasteiger partial charge in [-0.1, -0.05) is 24.8 Å². The largest absolute Gasteiger partial charge is 0.348 e. The van der Waals surface area contributed by atoms with E-state index in [-0.39, 0.29) is 34.5 Å². The number of hydrogen-bond donors (Lipinski definition) is 2. The van der Waals surface area contributed by atoms with Gasteiger partial charge in [-0.05, 0) is 26.3 Å². The van der Waals surface area contributed by atoms with E-state index in [4.69, 9.17) is 0 Å². The SMILES string of the molecule is CC[C@@H](C)NC(=O)[C@H]1CSC2(CCN(C(=O)c3ccc(C)c([N+](=O)[O-])c3)CC2)[NH2+]1. The second kappa shape index (κ2) is 8.71. The van der Waals surface area contributed by atoms with Gasteiger partial charge >= 0.3 is 0 Å². The monoisotopic (exact) mass is 421 g/mol. The molecule has 1 aromatic rings. The Labute approximate surface area is 174 Å². The number of nitrogens with one attached hydrogen (secondary N) is 1. The highest BCUT2D eigenvalue weighted by molar-refractivity contribution is 8.00. The molecule has 0 bridgehead atoms. The Hall–Kier alpha value is -2.13. The summed E-state index contributed by atoms with van der Waals surface area (Å²) in [5, 5.41) is 16.4. The number of thioether (sulfide) groups is 1. The third-order valence-electron chi connectivity index (χ3n) is 5.94. The maximum Gasteiger partial charge on any atom is 0.279 e. The molecule has 3 N–H and O–H groups in total. The lowest BCUT2D eigenvalue weighted by Gasteiger charge is -2.36. The van der Waals surface area contributed by atoms with E-state index in [9.17, 15) is 19.7 Å². The van der Waals surface area contributed by atoms with Crippen molar-refractivity contribution >= 4 is 29.3 Å². The fourth-order valence-corrected chi connectivity index (χ4v) is 5.33. The third-order valence-corrected chi connectivity index (χ3v) is 7.59. The zero-order chi connectivity index (χ0) is 21.2. The van der Waals surface area contributed by atoms with Gasteiger partial charge in [0.2, 0.25) is 0 Å². The summed E-state index contributed by atoms with van der Waals surface area (Å²) in [6.45, 7) is 6.90. The summed E-state index contributed by atoms with van der Waals surface area (Å²) in [6.07, 6.45) is 2.50. The van der Waals surface area contributed by atoms with Crippen LogP contribution in [0.4, 0.5) is 5.69 Å². The molecule has 2 amide bonds. The lowest BCUT2D eigenvalue weighted by Crippen LogP contribution is -3.00. The van der Waals surface area contributed by atoms with E-state index < -0.39 is 4.92 Å². The Morgan fingerprint density at radius 1 is 1.41 bits per heavy atom. The third kappa shape index (κ3) is 4.72. The van der Waals surface area contributed by atoms with E-state index in [0.29, 0.717) is 24.2 Å². The van der Waals surface area contributed by atoms with Crippen molar-refractivity contribution in [3.63, 3.8) is 0 Å². The van der Waals surface area contributed by atoms with Crippen molar-refractivity contribution in [1.29, 1.82) is 0 Å². The molecule has 0 aromatic heterocycles. The van der Waals surface area contributed by atoms with Crippen LogP contribution >= 0.6 is 11.8 Å². The average Bonchev–Trinajstić information content (AvgIpc) is 3.12. The van der Waals surface area contributed by atoms with Crippen LogP contribution < -0.4 is 10.6 Å². The molecule has 0 aliphatic carbocycles. The number of nitro benzene ring substituents is 1. The summed E-state index contributed by atoms with van der Waals surface area (Å²) >= 11 is 1.81. The summed E-state index contributed by atoms with van der Waals surface area (Å²) in [5.41, 5.74) is 0.870. The maximum atomic E-state index is 12.8. The number of carbonyl (C=O) groups is 2. The van der Waals surface area contributed by atoms with Gasteiger partial charge in [-0.2, -0.15) is 0 Å². The zero-order valence-electron chi connectivity index (χ0n) is 17.1. The van der Waals surface area contributed by atoms with Gasteiger partial charge < -0.3 is 15.5 Å². The highest BCUT2D eigenvalue weighted by atomic mass is 32.2. The Morgan fingerprint density at radius 2 is 2.10 bits per heavy atom. The highest BCUT2D eigenvalue weighted by Crippen LogP contribution is 2.34. The number of rotatable bonds is 5. The van der Waals surface area contributed by atoms with Crippen molar-refractivity contribution in [2.45, 2.75) is 57.0 Å². The van der Waals surface area contributed by atoms with E-state index in [1.54, 1.807) is 24.0 Å². The molecule has 2 fully saturated rings. The summed E-state index contributed by atoms with van der Waals surface area (Å²) in [5.74, 6) is 0.701. The lowest BCUT2D eigenvalue weighted by atomic mass is 10.0. The van der Waals surface area contributed by atoms with Crippen molar-refractivity contribution in [2.75, 3.05) is 18.8 Å². The van der Waals surface area contributed by atoms with Gasteiger partial charge in [0.25, 0.3) is 17.5 Å². The fraction of sp³-hybridized carbons (Fsp3) is 0.600. The van der Waals surface area contributed by atoms with Crippen LogP contribution in [0.1, 0.15) is 49.0 Å². The molecular weight excluding hydrogens is 392 g/mol. The second-order valence-corrected chi connectivity index (χ2v) is 9.45. The first-order chi connectivity index (χ1) is 13.7. The number of quaternary nitrogens is 1. The number of carbonyl (C=O) groups excluding carboxylic acids is 2. The van der Waals surface area contributed by atoms with E-state index in [0.717, 1.165) is 25.0 Å².